The van der Waals surface area contributed by atoms with Crippen molar-refractivity contribution in [2.24, 2.45) is 0 Å². The molecule has 0 aliphatic heterocycles. The molecule has 0 saturated carbocycles. The minimum absolute atomic E-state index is 0.0650. The third-order valence-electron chi connectivity index (χ3n) is 5.76. The highest BCUT2D eigenvalue weighted by Crippen LogP contribution is 2.33. The summed E-state index contributed by atoms with van der Waals surface area (Å²) in [6.45, 7) is 3.19. The van der Waals surface area contributed by atoms with Crippen molar-refractivity contribution in [3.05, 3.63) is 95.8 Å². The van der Waals surface area contributed by atoms with E-state index in [1.54, 1.807) is 13.0 Å². The summed E-state index contributed by atoms with van der Waals surface area (Å²) in [6.07, 6.45) is 0.162. The van der Waals surface area contributed by atoms with Gasteiger partial charge in [0.25, 0.3) is 0 Å². The summed E-state index contributed by atoms with van der Waals surface area (Å²) >= 11 is 0. The second kappa shape index (κ2) is 11.3. The van der Waals surface area contributed by atoms with Gasteiger partial charge >= 0.3 is 12.1 Å². The summed E-state index contributed by atoms with van der Waals surface area (Å²) in [5, 5.41) is 25.5. The van der Waals surface area contributed by atoms with Crippen LogP contribution in [0.3, 0.4) is 0 Å². The first-order chi connectivity index (χ1) is 18.3. The van der Waals surface area contributed by atoms with Crippen LogP contribution in [0.25, 0.3) is 11.1 Å². The van der Waals surface area contributed by atoms with Crippen molar-refractivity contribution in [1.29, 1.82) is 5.26 Å². The Labute approximate surface area is 218 Å². The van der Waals surface area contributed by atoms with Gasteiger partial charge in [-0.05, 0) is 31.0 Å². The molecule has 2 heterocycles. The second-order valence-electron chi connectivity index (χ2n) is 8.62. The van der Waals surface area contributed by atoms with Gasteiger partial charge in [-0.2, -0.15) is 5.26 Å². The second-order valence-corrected chi connectivity index (χ2v) is 8.62. The predicted octanol–water partition coefficient (Wildman–Crippen LogP) is 5.38. The Hall–Kier alpha value is -5.17. The molecular formula is C28H24N4O6. The fraction of sp³-hybridized carbons (Fsp3) is 0.179. The summed E-state index contributed by atoms with van der Waals surface area (Å²) in [6, 6.07) is 23.2. The number of hydrogen-bond donors (Lipinski definition) is 2. The predicted molar refractivity (Wildman–Crippen MR) is 136 cm³/mol. The average Bonchev–Trinajstić information content (AvgIpc) is 3.32. The van der Waals surface area contributed by atoms with Crippen LogP contribution in [-0.2, 0) is 16.0 Å². The number of anilines is 1. The third kappa shape index (κ3) is 5.96. The topological polar surface area (TPSA) is 148 Å². The maximum absolute atomic E-state index is 12.5. The monoisotopic (exact) mass is 512 g/mol. The lowest BCUT2D eigenvalue weighted by molar-refractivity contribution is -0.153. The maximum Gasteiger partial charge on any atom is 0.414 e. The summed E-state index contributed by atoms with van der Waals surface area (Å²) in [4.78, 5) is 28.7. The van der Waals surface area contributed by atoms with Crippen LogP contribution >= 0.6 is 0 Å². The molecule has 2 aromatic carbocycles. The molecule has 0 spiro atoms. The zero-order valence-corrected chi connectivity index (χ0v) is 20.6. The SMILES string of the molecule is CC(OC(=O)Nc1onc(C#N)c1-c1ccc(OC(C)(Cc2ccccc2)C(=O)O)nc1)c1ccccc1. The Kier molecular flexibility index (Phi) is 7.68. The molecule has 4 aromatic rings. The molecule has 0 bridgehead atoms. The van der Waals surface area contributed by atoms with E-state index in [9.17, 15) is 20.0 Å². The van der Waals surface area contributed by atoms with Crippen LogP contribution in [0.1, 0.15) is 36.8 Å². The number of carboxylic acid groups (broad SMARTS) is 1. The number of carbonyl (C=O) groups is 2. The van der Waals surface area contributed by atoms with Gasteiger partial charge in [0.15, 0.2) is 5.69 Å². The van der Waals surface area contributed by atoms with Gasteiger partial charge in [-0.1, -0.05) is 65.8 Å². The molecule has 2 unspecified atom stereocenters. The third-order valence-corrected chi connectivity index (χ3v) is 5.76. The first kappa shape index (κ1) is 25.9. The molecular weight excluding hydrogens is 488 g/mol. The standard InChI is InChI=1S/C28H24N4O6/c1-18(20-11-7-4-8-12-20)36-27(35)31-25-24(22(16-29)32-38-25)21-13-14-23(30-17-21)37-28(2,26(33)34)15-19-9-5-3-6-10-19/h3-14,17-18H,15H2,1-2H3,(H,31,35)(H,33,34). The van der Waals surface area contributed by atoms with Gasteiger partial charge in [0.2, 0.25) is 17.4 Å². The van der Waals surface area contributed by atoms with Crippen LogP contribution in [0.2, 0.25) is 0 Å². The molecule has 2 atom stereocenters. The Balaban J connectivity index is 1.51. The molecule has 10 nitrogen and oxygen atoms in total. The fourth-order valence-electron chi connectivity index (χ4n) is 3.75. The van der Waals surface area contributed by atoms with Crippen molar-refractivity contribution in [1.82, 2.24) is 10.1 Å². The molecule has 10 heteroatoms. The maximum atomic E-state index is 12.5. The number of aromatic nitrogens is 2. The van der Waals surface area contributed by atoms with E-state index in [4.69, 9.17) is 14.0 Å². The van der Waals surface area contributed by atoms with Crippen molar-refractivity contribution in [2.75, 3.05) is 5.32 Å². The highest BCUT2D eigenvalue weighted by Gasteiger charge is 2.36. The highest BCUT2D eigenvalue weighted by molar-refractivity contribution is 5.90. The summed E-state index contributed by atoms with van der Waals surface area (Å²) < 4.78 is 16.4. The Morgan fingerprint density at radius 2 is 1.79 bits per heavy atom. The van der Waals surface area contributed by atoms with Crippen LogP contribution < -0.4 is 10.1 Å². The van der Waals surface area contributed by atoms with Gasteiger partial charge in [0.1, 0.15) is 12.2 Å². The number of benzene rings is 2. The first-order valence-corrected chi connectivity index (χ1v) is 11.6. The lowest BCUT2D eigenvalue weighted by atomic mass is 9.96. The van der Waals surface area contributed by atoms with E-state index >= 15 is 0 Å². The molecule has 2 N–H and O–H groups in total. The van der Waals surface area contributed by atoms with Crippen LogP contribution in [0, 0.1) is 11.3 Å². The Bertz CT molecular complexity index is 1450. The molecule has 4 rings (SSSR count). The smallest absolute Gasteiger partial charge is 0.414 e. The van der Waals surface area contributed by atoms with Crippen molar-refractivity contribution in [3.63, 3.8) is 0 Å². The molecule has 0 radical (unpaired) electrons. The number of hydrogen-bond acceptors (Lipinski definition) is 8. The van der Waals surface area contributed by atoms with Crippen molar-refractivity contribution >= 4 is 17.9 Å². The Morgan fingerprint density at radius 3 is 2.39 bits per heavy atom. The van der Waals surface area contributed by atoms with E-state index in [1.807, 2.05) is 66.7 Å². The van der Waals surface area contributed by atoms with Crippen LogP contribution in [0.5, 0.6) is 5.88 Å². The number of ether oxygens (including phenoxy) is 2. The van der Waals surface area contributed by atoms with Gasteiger partial charge < -0.3 is 19.1 Å². The van der Waals surface area contributed by atoms with Gasteiger partial charge in [0.05, 0.1) is 5.56 Å². The van der Waals surface area contributed by atoms with E-state index in [0.29, 0.717) is 5.56 Å². The van der Waals surface area contributed by atoms with E-state index < -0.39 is 23.8 Å². The van der Waals surface area contributed by atoms with Crippen molar-refractivity contribution in [2.45, 2.75) is 32.0 Å². The molecule has 192 valence electrons. The fourth-order valence-corrected chi connectivity index (χ4v) is 3.75. The highest BCUT2D eigenvalue weighted by atomic mass is 16.6. The van der Waals surface area contributed by atoms with Gasteiger partial charge in [-0.3, -0.25) is 5.32 Å². The van der Waals surface area contributed by atoms with Crippen LogP contribution in [-0.4, -0.2) is 32.9 Å². The summed E-state index contributed by atoms with van der Waals surface area (Å²) in [5.41, 5.74) is 0.533. The number of nitrogens with zero attached hydrogens (tertiary/aromatic N) is 3. The zero-order valence-electron chi connectivity index (χ0n) is 20.6. The molecule has 38 heavy (non-hydrogen) atoms. The van der Waals surface area contributed by atoms with Crippen LogP contribution in [0.4, 0.5) is 10.7 Å². The Morgan fingerprint density at radius 1 is 1.11 bits per heavy atom. The number of rotatable bonds is 9. The van der Waals surface area contributed by atoms with E-state index in [1.165, 1.54) is 19.2 Å². The lowest BCUT2D eigenvalue weighted by Gasteiger charge is -2.25. The number of pyridine rings is 1. The number of amides is 1. The lowest BCUT2D eigenvalue weighted by Crippen LogP contribution is -2.43. The molecule has 0 aliphatic rings. The number of carbonyl (C=O) groups excluding carboxylic acids is 1. The summed E-state index contributed by atoms with van der Waals surface area (Å²) in [7, 11) is 0. The molecule has 0 saturated heterocycles. The van der Waals surface area contributed by atoms with E-state index in [2.05, 4.69) is 15.5 Å². The van der Waals surface area contributed by atoms with Crippen LogP contribution in [0.15, 0.2) is 83.5 Å². The average molecular weight is 513 g/mol. The van der Waals surface area contributed by atoms with Gasteiger partial charge in [-0.15, -0.1) is 0 Å². The van der Waals surface area contributed by atoms with Gasteiger partial charge in [0, 0.05) is 24.2 Å². The van der Waals surface area contributed by atoms with E-state index in [-0.39, 0.29) is 29.4 Å². The van der Waals surface area contributed by atoms with Gasteiger partial charge in [-0.25, -0.2) is 14.6 Å². The van der Waals surface area contributed by atoms with Crippen molar-refractivity contribution in [3.8, 4) is 23.1 Å². The normalized spacial score (nSPS) is 13.0. The molecule has 0 fully saturated rings. The summed E-state index contributed by atoms with van der Waals surface area (Å²) in [5.74, 6) is -1.18. The first-order valence-electron chi connectivity index (χ1n) is 11.6. The minimum Gasteiger partial charge on any atom is -0.478 e. The van der Waals surface area contributed by atoms with E-state index in [0.717, 1.165) is 11.1 Å². The molecule has 1 amide bonds. The van der Waals surface area contributed by atoms with Crippen molar-refractivity contribution < 1.29 is 28.7 Å². The number of nitriles is 1. The number of nitrogens with one attached hydrogen (secondary N) is 1. The molecule has 0 aliphatic carbocycles. The largest absolute Gasteiger partial charge is 0.478 e. The zero-order chi connectivity index (χ0) is 27.1. The number of aliphatic carboxylic acids is 1. The quantitative estimate of drug-likeness (QED) is 0.301. The number of carboxylic acids is 1. The minimum atomic E-state index is -1.57. The molecule has 2 aromatic heterocycles.